The lowest BCUT2D eigenvalue weighted by atomic mass is 10.2. The SMILES string of the molecule is Brc1ccc(-c2ccc(C[N-]c3nn[nH]n3)o2)cc1. The lowest BCUT2D eigenvalue weighted by Crippen LogP contribution is -1.79. The normalized spacial score (nSPS) is 10.6. The number of halogens is 1. The Hall–Kier alpha value is -2.15. The number of H-pyrrole nitrogens is 1. The van der Waals surface area contributed by atoms with Crippen LogP contribution in [0.4, 0.5) is 5.95 Å². The summed E-state index contributed by atoms with van der Waals surface area (Å²) in [4.78, 5) is 0. The van der Waals surface area contributed by atoms with Gasteiger partial charge >= 0.3 is 0 Å². The Morgan fingerprint density at radius 2 is 2.00 bits per heavy atom. The zero-order chi connectivity index (χ0) is 13.1. The minimum Gasteiger partial charge on any atom is -0.461 e. The fourth-order valence-electron chi connectivity index (χ4n) is 1.60. The molecule has 0 aliphatic carbocycles. The van der Waals surface area contributed by atoms with Crippen LogP contribution in [0.2, 0.25) is 0 Å². The highest BCUT2D eigenvalue weighted by molar-refractivity contribution is 9.10. The fourth-order valence-corrected chi connectivity index (χ4v) is 1.87. The largest absolute Gasteiger partial charge is 0.461 e. The smallest absolute Gasteiger partial charge is 0.134 e. The summed E-state index contributed by atoms with van der Waals surface area (Å²) in [5.41, 5.74) is 1.02. The quantitative estimate of drug-likeness (QED) is 0.799. The predicted octanol–water partition coefficient (Wildman–Crippen LogP) is 3.43. The lowest BCUT2D eigenvalue weighted by Gasteiger charge is -2.03. The molecule has 0 spiro atoms. The topological polar surface area (TPSA) is 81.7 Å². The minimum absolute atomic E-state index is 0.321. The van der Waals surface area contributed by atoms with Crippen LogP contribution >= 0.6 is 15.9 Å². The summed E-state index contributed by atoms with van der Waals surface area (Å²) in [5.74, 6) is 1.88. The van der Waals surface area contributed by atoms with Crippen LogP contribution in [-0.2, 0) is 6.54 Å². The van der Waals surface area contributed by atoms with Crippen molar-refractivity contribution >= 4 is 21.9 Å². The second-order valence-corrected chi connectivity index (χ2v) is 4.72. The van der Waals surface area contributed by atoms with Gasteiger partial charge in [0.2, 0.25) is 0 Å². The molecule has 19 heavy (non-hydrogen) atoms. The highest BCUT2D eigenvalue weighted by Crippen LogP contribution is 2.25. The molecule has 0 saturated carbocycles. The van der Waals surface area contributed by atoms with E-state index in [1.54, 1.807) is 0 Å². The molecule has 6 nitrogen and oxygen atoms in total. The van der Waals surface area contributed by atoms with Crippen molar-refractivity contribution in [2.24, 2.45) is 0 Å². The van der Waals surface area contributed by atoms with E-state index in [-0.39, 0.29) is 0 Å². The molecule has 0 bridgehead atoms. The standard InChI is InChI=1S/C12H9BrN5O/c13-9-3-1-8(2-4-9)11-6-5-10(19-11)7-14-12-15-17-18-16-12/h1-6H,7H2,(H-,14,15,16,17,18)/q-1. The van der Waals surface area contributed by atoms with Crippen molar-refractivity contribution in [3.63, 3.8) is 0 Å². The number of benzene rings is 1. The third kappa shape index (κ3) is 2.82. The molecular weight excluding hydrogens is 310 g/mol. The van der Waals surface area contributed by atoms with E-state index in [0.29, 0.717) is 12.5 Å². The number of aromatic amines is 1. The average Bonchev–Trinajstić information content (AvgIpc) is 3.09. The van der Waals surface area contributed by atoms with Crippen molar-refractivity contribution in [3.8, 4) is 11.3 Å². The molecule has 3 rings (SSSR count). The Labute approximate surface area is 117 Å². The molecular formula is C12H9BrN5O-. The second kappa shape index (κ2) is 5.23. The van der Waals surface area contributed by atoms with Gasteiger partial charge in [-0.2, -0.15) is 0 Å². The number of rotatable bonds is 4. The molecule has 96 valence electrons. The zero-order valence-corrected chi connectivity index (χ0v) is 11.3. The van der Waals surface area contributed by atoms with E-state index in [4.69, 9.17) is 4.42 Å². The monoisotopic (exact) mass is 318 g/mol. The van der Waals surface area contributed by atoms with Crippen molar-refractivity contribution < 1.29 is 4.42 Å². The van der Waals surface area contributed by atoms with E-state index in [1.165, 1.54) is 0 Å². The van der Waals surface area contributed by atoms with Crippen LogP contribution in [0.25, 0.3) is 16.6 Å². The van der Waals surface area contributed by atoms with Gasteiger partial charge in [0, 0.05) is 16.6 Å². The van der Waals surface area contributed by atoms with Crippen molar-refractivity contribution in [1.82, 2.24) is 20.6 Å². The molecule has 7 heteroatoms. The molecule has 0 radical (unpaired) electrons. The summed E-state index contributed by atoms with van der Waals surface area (Å²) >= 11 is 3.40. The van der Waals surface area contributed by atoms with Crippen LogP contribution < -0.4 is 0 Å². The predicted molar refractivity (Wildman–Crippen MR) is 72.7 cm³/mol. The summed E-state index contributed by atoms with van der Waals surface area (Å²) in [7, 11) is 0. The Morgan fingerprint density at radius 3 is 2.74 bits per heavy atom. The number of furan rings is 1. The Kier molecular flexibility index (Phi) is 3.28. The summed E-state index contributed by atoms with van der Waals surface area (Å²) in [6.45, 7) is 0.385. The molecule has 0 atom stereocenters. The van der Waals surface area contributed by atoms with E-state index in [1.807, 2.05) is 36.4 Å². The van der Waals surface area contributed by atoms with Gasteiger partial charge in [-0.15, -0.1) is 5.21 Å². The van der Waals surface area contributed by atoms with E-state index in [0.717, 1.165) is 21.6 Å². The number of nitrogens with zero attached hydrogens (tertiary/aromatic N) is 4. The van der Waals surface area contributed by atoms with Gasteiger partial charge in [-0.3, -0.25) is 15.4 Å². The van der Waals surface area contributed by atoms with Gasteiger partial charge in [-0.1, -0.05) is 28.1 Å². The molecule has 2 aromatic heterocycles. The molecule has 1 N–H and O–H groups in total. The van der Waals surface area contributed by atoms with Crippen molar-refractivity contribution in [2.75, 3.05) is 0 Å². The van der Waals surface area contributed by atoms with Gasteiger partial charge < -0.3 is 9.73 Å². The molecule has 0 unspecified atom stereocenters. The first-order chi connectivity index (χ1) is 9.31. The van der Waals surface area contributed by atoms with E-state index < -0.39 is 0 Å². The van der Waals surface area contributed by atoms with E-state index in [2.05, 4.69) is 41.9 Å². The maximum atomic E-state index is 5.71. The van der Waals surface area contributed by atoms with Gasteiger partial charge in [-0.25, -0.2) is 0 Å². The molecule has 0 fully saturated rings. The molecule has 0 aliphatic heterocycles. The van der Waals surface area contributed by atoms with Crippen molar-refractivity contribution in [3.05, 3.63) is 51.9 Å². The Bertz CT molecular complexity index is 647. The van der Waals surface area contributed by atoms with Crippen LogP contribution in [0.3, 0.4) is 0 Å². The first kappa shape index (κ1) is 11.9. The van der Waals surface area contributed by atoms with Crippen LogP contribution in [0.5, 0.6) is 0 Å². The number of hydrogen-bond donors (Lipinski definition) is 1. The van der Waals surface area contributed by atoms with Gasteiger partial charge in [0.05, 0.1) is 5.95 Å². The van der Waals surface area contributed by atoms with Crippen LogP contribution in [0, 0.1) is 0 Å². The summed E-state index contributed by atoms with van der Waals surface area (Å²) < 4.78 is 6.75. The maximum Gasteiger partial charge on any atom is 0.134 e. The van der Waals surface area contributed by atoms with Gasteiger partial charge in [-0.05, 0) is 24.3 Å². The van der Waals surface area contributed by atoms with Gasteiger partial charge in [0.25, 0.3) is 0 Å². The fraction of sp³-hybridized carbons (Fsp3) is 0.0833. The summed E-state index contributed by atoms with van der Waals surface area (Å²) in [6, 6.07) is 11.7. The first-order valence-corrected chi connectivity index (χ1v) is 6.36. The number of aromatic nitrogens is 4. The molecule has 1 aromatic carbocycles. The van der Waals surface area contributed by atoms with Crippen LogP contribution in [0.15, 0.2) is 45.3 Å². The molecule has 3 aromatic rings. The highest BCUT2D eigenvalue weighted by atomic mass is 79.9. The molecule has 2 heterocycles. The summed E-state index contributed by atoms with van der Waals surface area (Å²) in [5, 5.41) is 17.4. The second-order valence-electron chi connectivity index (χ2n) is 3.80. The van der Waals surface area contributed by atoms with Crippen molar-refractivity contribution in [2.45, 2.75) is 6.54 Å². The van der Waals surface area contributed by atoms with Crippen LogP contribution in [0.1, 0.15) is 5.76 Å². The average molecular weight is 319 g/mol. The Morgan fingerprint density at radius 1 is 1.16 bits per heavy atom. The van der Waals surface area contributed by atoms with Crippen LogP contribution in [-0.4, -0.2) is 20.6 Å². The van der Waals surface area contributed by atoms with Crippen molar-refractivity contribution in [1.29, 1.82) is 0 Å². The molecule has 0 amide bonds. The summed E-state index contributed by atoms with van der Waals surface area (Å²) in [6.07, 6.45) is 0. The number of nitrogens with one attached hydrogen (secondary N) is 1. The maximum absolute atomic E-state index is 5.71. The number of hydrogen-bond acceptors (Lipinski definition) is 4. The zero-order valence-electron chi connectivity index (χ0n) is 9.75. The first-order valence-electron chi connectivity index (χ1n) is 5.57. The molecule has 0 saturated heterocycles. The highest BCUT2D eigenvalue weighted by Gasteiger charge is 2.03. The lowest BCUT2D eigenvalue weighted by molar-refractivity contribution is 0.534. The van der Waals surface area contributed by atoms with E-state index >= 15 is 0 Å². The number of tetrazole rings is 1. The van der Waals surface area contributed by atoms with Gasteiger partial charge in [0.15, 0.2) is 0 Å². The van der Waals surface area contributed by atoms with E-state index in [9.17, 15) is 0 Å². The molecule has 0 aliphatic rings. The van der Waals surface area contributed by atoms with Gasteiger partial charge in [0.1, 0.15) is 11.5 Å². The minimum atomic E-state index is 0.321. The Balaban J connectivity index is 1.70. The third-order valence-electron chi connectivity index (χ3n) is 2.50. The third-order valence-corrected chi connectivity index (χ3v) is 3.03.